The molecule has 0 atom stereocenters. The summed E-state index contributed by atoms with van der Waals surface area (Å²) in [6, 6.07) is 32.8. The number of hydrogen-bond donors (Lipinski definition) is 0. The largest absolute Gasteiger partial charge is 0.536 e. The third-order valence-electron chi connectivity index (χ3n) is 7.17. The van der Waals surface area contributed by atoms with Crippen molar-refractivity contribution in [1.82, 2.24) is 15.0 Å². The van der Waals surface area contributed by atoms with Crippen LogP contribution in [-0.2, 0) is 12.5 Å². The fraction of sp³-hybridized carbons (Fsp3) is 0.188. The molecule has 1 aromatic heterocycles. The summed E-state index contributed by atoms with van der Waals surface area (Å²) in [4.78, 5) is 2.14. The predicted molar refractivity (Wildman–Crippen MR) is 158 cm³/mol. The van der Waals surface area contributed by atoms with E-state index in [2.05, 4.69) is 72.3 Å². The molecule has 0 aliphatic carbocycles. The minimum atomic E-state index is -0.205. The van der Waals surface area contributed by atoms with E-state index in [1.165, 1.54) is 5.56 Å². The quantitative estimate of drug-likeness (QED) is 0.252. The number of benzene rings is 4. The highest BCUT2D eigenvalue weighted by atomic mass is 16.5. The van der Waals surface area contributed by atoms with Gasteiger partial charge in [-0.15, -0.1) is 5.10 Å². The molecule has 4 aromatic carbocycles. The van der Waals surface area contributed by atoms with Gasteiger partial charge in [-0.1, -0.05) is 86.6 Å². The van der Waals surface area contributed by atoms with E-state index in [-0.39, 0.29) is 12.5 Å². The number of aromatic nitrogens is 3. The molecule has 0 bridgehead atoms. The summed E-state index contributed by atoms with van der Waals surface area (Å²) >= 11 is 0. The van der Waals surface area contributed by atoms with E-state index in [1.807, 2.05) is 79.4 Å². The molecule has 6 nitrogen and oxygen atoms in total. The molecule has 0 N–H and O–H groups in total. The number of aryl methyl sites for hydroxylation is 1. The smallest absolute Gasteiger partial charge is 0.519 e. The second-order valence-electron chi connectivity index (χ2n) is 11.0. The van der Waals surface area contributed by atoms with Gasteiger partial charge in [-0.2, -0.15) is 0 Å². The van der Waals surface area contributed by atoms with Gasteiger partial charge in [0.1, 0.15) is 22.9 Å². The number of nitrogens with zero attached hydrogens (tertiary/aromatic N) is 4. The van der Waals surface area contributed by atoms with Crippen LogP contribution in [0.4, 0.5) is 5.69 Å². The number of ether oxygens (including phenoxy) is 1. The lowest BCUT2D eigenvalue weighted by Gasteiger charge is -2.19. The van der Waals surface area contributed by atoms with Gasteiger partial charge >= 0.3 is 7.05 Å². The molecule has 0 fully saturated rings. The van der Waals surface area contributed by atoms with Crippen molar-refractivity contribution in [2.24, 2.45) is 7.05 Å². The van der Waals surface area contributed by atoms with E-state index < -0.39 is 0 Å². The summed E-state index contributed by atoms with van der Waals surface area (Å²) in [6.07, 6.45) is 0. The zero-order valence-electron chi connectivity index (χ0n) is 22.9. The highest BCUT2D eigenvalue weighted by Crippen LogP contribution is 2.35. The standard InChI is InChI=1S/C32H31BN4O2/c1-32(2,3)24-18-16-22(17-19-24)31-30(34-35-37(31)5)23-10-8-12-26(20-23)38-27-13-9-11-25(21-27)33-36(4)28-14-6-7-15-29(28)39-33/h6-21H,1-5H3. The third kappa shape index (κ3) is 4.76. The van der Waals surface area contributed by atoms with Crippen molar-refractivity contribution in [2.75, 3.05) is 11.9 Å². The van der Waals surface area contributed by atoms with Gasteiger partial charge in [-0.3, -0.25) is 0 Å². The highest BCUT2D eigenvalue weighted by Gasteiger charge is 2.35. The molecule has 194 valence electrons. The molecule has 0 radical (unpaired) electrons. The lowest BCUT2D eigenvalue weighted by molar-refractivity contribution is 0.483. The third-order valence-corrected chi connectivity index (χ3v) is 7.17. The van der Waals surface area contributed by atoms with Crippen LogP contribution in [0.1, 0.15) is 26.3 Å². The van der Waals surface area contributed by atoms with Crippen molar-refractivity contribution in [3.8, 4) is 39.8 Å². The average molecular weight is 514 g/mol. The van der Waals surface area contributed by atoms with Crippen molar-refractivity contribution in [1.29, 1.82) is 0 Å². The summed E-state index contributed by atoms with van der Waals surface area (Å²) in [5, 5.41) is 8.85. The summed E-state index contributed by atoms with van der Waals surface area (Å²) < 4.78 is 14.4. The maximum atomic E-state index is 6.33. The second-order valence-corrected chi connectivity index (χ2v) is 11.0. The normalized spacial score (nSPS) is 12.8. The van der Waals surface area contributed by atoms with E-state index in [4.69, 9.17) is 9.39 Å². The van der Waals surface area contributed by atoms with E-state index in [0.29, 0.717) is 0 Å². The van der Waals surface area contributed by atoms with Crippen molar-refractivity contribution >= 4 is 18.2 Å². The van der Waals surface area contributed by atoms with Crippen molar-refractivity contribution in [3.63, 3.8) is 0 Å². The topological polar surface area (TPSA) is 52.4 Å². The van der Waals surface area contributed by atoms with Gasteiger partial charge in [0.25, 0.3) is 0 Å². The SMILES string of the molecule is CN1B(c2cccc(Oc3cccc(-c4nnn(C)c4-c4ccc(C(C)(C)C)cc4)c3)c2)Oc2ccccc21. The van der Waals surface area contributed by atoms with E-state index in [9.17, 15) is 0 Å². The maximum Gasteiger partial charge on any atom is 0.519 e. The Kier molecular flexibility index (Phi) is 6.14. The van der Waals surface area contributed by atoms with Crippen molar-refractivity contribution in [3.05, 3.63) is 103 Å². The van der Waals surface area contributed by atoms with Gasteiger partial charge in [-0.05, 0) is 59.9 Å². The van der Waals surface area contributed by atoms with Crippen LogP contribution in [0.15, 0.2) is 97.1 Å². The van der Waals surface area contributed by atoms with Crippen LogP contribution in [0.3, 0.4) is 0 Å². The number of anilines is 1. The van der Waals surface area contributed by atoms with Crippen LogP contribution < -0.4 is 19.7 Å². The Balaban J connectivity index is 1.26. The predicted octanol–water partition coefficient (Wildman–Crippen LogP) is 6.46. The molecule has 2 heterocycles. The number of hydrogen-bond acceptors (Lipinski definition) is 5. The van der Waals surface area contributed by atoms with E-state index in [1.54, 1.807) is 0 Å². The first-order valence-corrected chi connectivity index (χ1v) is 13.2. The zero-order valence-corrected chi connectivity index (χ0v) is 22.9. The minimum Gasteiger partial charge on any atom is -0.536 e. The molecule has 0 spiro atoms. The van der Waals surface area contributed by atoms with Crippen molar-refractivity contribution in [2.45, 2.75) is 26.2 Å². The number of fused-ring (bicyclic) bond motifs is 1. The Bertz CT molecular complexity index is 1640. The van der Waals surface area contributed by atoms with Crippen LogP contribution in [0.25, 0.3) is 22.5 Å². The molecule has 1 aliphatic heterocycles. The van der Waals surface area contributed by atoms with Crippen molar-refractivity contribution < 1.29 is 9.39 Å². The molecule has 7 heteroatoms. The summed E-state index contributed by atoms with van der Waals surface area (Å²) in [5.74, 6) is 2.36. The Hall–Kier alpha value is -4.52. The first-order valence-electron chi connectivity index (χ1n) is 13.2. The van der Waals surface area contributed by atoms with Crippen LogP contribution in [0.5, 0.6) is 17.2 Å². The Labute approximate surface area is 230 Å². The molecule has 39 heavy (non-hydrogen) atoms. The minimum absolute atomic E-state index is 0.0956. The molecular formula is C32H31BN4O2. The summed E-state index contributed by atoms with van der Waals surface area (Å²) in [6.45, 7) is 6.66. The number of para-hydroxylation sites is 2. The van der Waals surface area contributed by atoms with Gasteiger partial charge in [-0.25, -0.2) is 4.68 Å². The number of rotatable bonds is 5. The van der Waals surface area contributed by atoms with Crippen LogP contribution >= 0.6 is 0 Å². The summed E-state index contributed by atoms with van der Waals surface area (Å²) in [7, 11) is 3.77. The van der Waals surface area contributed by atoms with Gasteiger partial charge in [0.05, 0.1) is 11.4 Å². The lowest BCUT2D eigenvalue weighted by atomic mass is 9.72. The molecule has 1 aliphatic rings. The zero-order chi connectivity index (χ0) is 27.1. The second kappa shape index (κ2) is 9.66. The molecule has 0 amide bonds. The molecule has 5 aromatic rings. The average Bonchev–Trinajstić information content (AvgIpc) is 3.48. The lowest BCUT2D eigenvalue weighted by Crippen LogP contribution is -2.47. The fourth-order valence-electron chi connectivity index (χ4n) is 5.04. The first-order chi connectivity index (χ1) is 18.8. The molecular weight excluding hydrogens is 483 g/mol. The van der Waals surface area contributed by atoms with Crippen LogP contribution in [0.2, 0.25) is 0 Å². The molecule has 0 saturated heterocycles. The van der Waals surface area contributed by atoms with Gasteiger partial charge in [0, 0.05) is 18.2 Å². The molecule has 6 rings (SSSR count). The van der Waals surface area contributed by atoms with Crippen LogP contribution in [0, 0.1) is 0 Å². The van der Waals surface area contributed by atoms with E-state index >= 15 is 0 Å². The Morgan fingerprint density at radius 1 is 0.769 bits per heavy atom. The molecule has 0 unspecified atom stereocenters. The fourth-order valence-corrected chi connectivity index (χ4v) is 5.04. The highest BCUT2D eigenvalue weighted by molar-refractivity contribution is 6.73. The Morgan fingerprint density at radius 3 is 2.23 bits per heavy atom. The van der Waals surface area contributed by atoms with Crippen LogP contribution in [-0.4, -0.2) is 29.1 Å². The molecule has 0 saturated carbocycles. The maximum absolute atomic E-state index is 6.33. The van der Waals surface area contributed by atoms with E-state index in [0.717, 1.165) is 50.9 Å². The monoisotopic (exact) mass is 514 g/mol. The summed E-state index contributed by atoms with van der Waals surface area (Å²) in [5.41, 5.74) is 7.30. The van der Waals surface area contributed by atoms with Gasteiger partial charge in [0.2, 0.25) is 0 Å². The van der Waals surface area contributed by atoms with Gasteiger partial charge in [0.15, 0.2) is 0 Å². The Morgan fingerprint density at radius 2 is 1.49 bits per heavy atom. The van der Waals surface area contributed by atoms with Gasteiger partial charge < -0.3 is 14.2 Å². The first kappa shape index (κ1) is 24.8.